The maximum absolute atomic E-state index is 12.4. The molecule has 5 heteroatoms. The zero-order chi connectivity index (χ0) is 19.9. The van der Waals surface area contributed by atoms with Crippen LogP contribution in [0.3, 0.4) is 0 Å². The Hall–Kier alpha value is -3.73. The van der Waals surface area contributed by atoms with Crippen molar-refractivity contribution >= 4 is 29.3 Å². The van der Waals surface area contributed by atoms with Gasteiger partial charge in [0.15, 0.2) is 0 Å². The molecule has 0 aliphatic heterocycles. The molecule has 1 heterocycles. The number of carbonyl (C=O) groups is 2. The first kappa shape index (κ1) is 19.0. The largest absolute Gasteiger partial charge is 0.322 e. The number of benzene rings is 2. The van der Waals surface area contributed by atoms with Gasteiger partial charge in [0.2, 0.25) is 5.91 Å². The fourth-order valence-electron chi connectivity index (χ4n) is 2.74. The Morgan fingerprint density at radius 2 is 1.68 bits per heavy atom. The summed E-state index contributed by atoms with van der Waals surface area (Å²) in [4.78, 5) is 28.5. The monoisotopic (exact) mass is 371 g/mol. The molecule has 3 aromatic rings. The molecule has 0 aliphatic rings. The molecular weight excluding hydrogens is 350 g/mol. The molecule has 0 radical (unpaired) electrons. The second-order valence-electron chi connectivity index (χ2n) is 6.45. The van der Waals surface area contributed by atoms with E-state index in [1.165, 1.54) is 11.6 Å². The molecule has 140 valence electrons. The average Bonchev–Trinajstić information content (AvgIpc) is 2.68. The van der Waals surface area contributed by atoms with Crippen LogP contribution >= 0.6 is 0 Å². The quantitative estimate of drug-likeness (QED) is 0.644. The molecule has 0 aliphatic carbocycles. The van der Waals surface area contributed by atoms with E-state index in [4.69, 9.17) is 0 Å². The summed E-state index contributed by atoms with van der Waals surface area (Å²) in [6, 6.07) is 16.3. The van der Waals surface area contributed by atoms with Gasteiger partial charge in [0.1, 0.15) is 0 Å². The number of pyridine rings is 1. The van der Waals surface area contributed by atoms with Gasteiger partial charge in [0, 0.05) is 35.4 Å². The van der Waals surface area contributed by atoms with Crippen molar-refractivity contribution in [2.24, 2.45) is 0 Å². The number of aromatic nitrogens is 1. The topological polar surface area (TPSA) is 71.1 Å². The Morgan fingerprint density at radius 1 is 0.893 bits per heavy atom. The van der Waals surface area contributed by atoms with Gasteiger partial charge in [-0.25, -0.2) is 0 Å². The van der Waals surface area contributed by atoms with E-state index in [1.807, 2.05) is 26.0 Å². The third-order valence-corrected chi connectivity index (χ3v) is 4.17. The minimum atomic E-state index is -0.258. The van der Waals surface area contributed by atoms with Gasteiger partial charge in [-0.05, 0) is 61.4 Å². The van der Waals surface area contributed by atoms with Crippen LogP contribution in [0.5, 0.6) is 0 Å². The first-order chi connectivity index (χ1) is 13.5. The second kappa shape index (κ2) is 8.77. The summed E-state index contributed by atoms with van der Waals surface area (Å²) in [5.41, 5.74) is 4.95. The number of anilines is 2. The van der Waals surface area contributed by atoms with E-state index in [-0.39, 0.29) is 11.8 Å². The highest BCUT2D eigenvalue weighted by atomic mass is 16.2. The average molecular weight is 371 g/mol. The number of rotatable bonds is 5. The molecule has 0 bridgehead atoms. The van der Waals surface area contributed by atoms with Gasteiger partial charge in [-0.2, -0.15) is 0 Å². The van der Waals surface area contributed by atoms with Gasteiger partial charge >= 0.3 is 0 Å². The van der Waals surface area contributed by atoms with Gasteiger partial charge < -0.3 is 10.6 Å². The Balaban J connectivity index is 1.66. The standard InChI is InChI=1S/C23H21N3O2/c1-16-6-7-18(17(2)14-16)8-9-22(27)25-21-5-3-4-19(15-21)23(28)26-20-10-12-24-13-11-20/h3-15H,1-2H3,(H,25,27)(H,24,26,28)/b9-8+. The zero-order valence-corrected chi connectivity index (χ0v) is 15.8. The van der Waals surface area contributed by atoms with Crippen molar-refractivity contribution in [3.63, 3.8) is 0 Å². The fraction of sp³-hybridized carbons (Fsp3) is 0.0870. The Kier molecular flexibility index (Phi) is 5.97. The summed E-state index contributed by atoms with van der Waals surface area (Å²) >= 11 is 0. The highest BCUT2D eigenvalue weighted by Gasteiger charge is 2.08. The van der Waals surface area contributed by atoms with Crippen LogP contribution in [0.1, 0.15) is 27.0 Å². The highest BCUT2D eigenvalue weighted by Crippen LogP contribution is 2.15. The van der Waals surface area contributed by atoms with Crippen molar-refractivity contribution in [1.29, 1.82) is 0 Å². The number of carbonyl (C=O) groups excluding carboxylic acids is 2. The smallest absolute Gasteiger partial charge is 0.255 e. The molecule has 0 fully saturated rings. The van der Waals surface area contributed by atoms with Crippen molar-refractivity contribution in [3.8, 4) is 0 Å². The van der Waals surface area contributed by atoms with Crippen molar-refractivity contribution in [2.45, 2.75) is 13.8 Å². The van der Waals surface area contributed by atoms with E-state index >= 15 is 0 Å². The lowest BCUT2D eigenvalue weighted by Gasteiger charge is -2.07. The summed E-state index contributed by atoms with van der Waals surface area (Å²) in [7, 11) is 0. The normalized spacial score (nSPS) is 10.6. The van der Waals surface area contributed by atoms with E-state index in [1.54, 1.807) is 54.9 Å². The summed E-state index contributed by atoms with van der Waals surface area (Å²) in [6.07, 6.45) is 6.48. The summed E-state index contributed by atoms with van der Waals surface area (Å²) in [6.45, 7) is 4.04. The van der Waals surface area contributed by atoms with Crippen LogP contribution in [-0.4, -0.2) is 16.8 Å². The van der Waals surface area contributed by atoms with Crippen LogP contribution in [0.25, 0.3) is 6.08 Å². The van der Waals surface area contributed by atoms with Crippen molar-refractivity contribution in [1.82, 2.24) is 4.98 Å². The third kappa shape index (κ3) is 5.14. The predicted molar refractivity (Wildman–Crippen MR) is 112 cm³/mol. The molecule has 1 aromatic heterocycles. The molecular formula is C23H21N3O2. The molecule has 5 nitrogen and oxygen atoms in total. The van der Waals surface area contributed by atoms with Crippen molar-refractivity contribution < 1.29 is 9.59 Å². The number of hydrogen-bond acceptors (Lipinski definition) is 3. The molecule has 0 atom stereocenters. The van der Waals surface area contributed by atoms with Gasteiger partial charge in [0.05, 0.1) is 0 Å². The molecule has 2 aromatic carbocycles. The van der Waals surface area contributed by atoms with Gasteiger partial charge in [-0.1, -0.05) is 29.8 Å². The second-order valence-corrected chi connectivity index (χ2v) is 6.45. The number of aryl methyl sites for hydroxylation is 2. The lowest BCUT2D eigenvalue weighted by molar-refractivity contribution is -0.111. The maximum Gasteiger partial charge on any atom is 0.255 e. The van der Waals surface area contributed by atoms with Crippen LogP contribution < -0.4 is 10.6 Å². The van der Waals surface area contributed by atoms with Crippen LogP contribution in [0, 0.1) is 13.8 Å². The van der Waals surface area contributed by atoms with Crippen molar-refractivity contribution in [3.05, 3.63) is 95.3 Å². The van der Waals surface area contributed by atoms with Gasteiger partial charge in [-0.3, -0.25) is 14.6 Å². The van der Waals surface area contributed by atoms with E-state index in [9.17, 15) is 9.59 Å². The van der Waals surface area contributed by atoms with Crippen molar-refractivity contribution in [2.75, 3.05) is 10.6 Å². The minimum Gasteiger partial charge on any atom is -0.322 e. The van der Waals surface area contributed by atoms with Crippen LogP contribution in [0.4, 0.5) is 11.4 Å². The molecule has 3 rings (SSSR count). The van der Waals surface area contributed by atoms with E-state index in [2.05, 4.69) is 21.7 Å². The molecule has 0 saturated heterocycles. The lowest BCUT2D eigenvalue weighted by atomic mass is 10.1. The fourth-order valence-corrected chi connectivity index (χ4v) is 2.74. The number of nitrogens with zero attached hydrogens (tertiary/aromatic N) is 1. The Labute approximate surface area is 164 Å². The Morgan fingerprint density at radius 3 is 2.43 bits per heavy atom. The molecule has 2 amide bonds. The van der Waals surface area contributed by atoms with Crippen LogP contribution in [0.2, 0.25) is 0 Å². The number of nitrogens with one attached hydrogen (secondary N) is 2. The molecule has 2 N–H and O–H groups in total. The van der Waals surface area contributed by atoms with Gasteiger partial charge in [-0.15, -0.1) is 0 Å². The first-order valence-electron chi connectivity index (χ1n) is 8.89. The molecule has 0 spiro atoms. The molecule has 28 heavy (non-hydrogen) atoms. The highest BCUT2D eigenvalue weighted by molar-refractivity contribution is 6.06. The summed E-state index contributed by atoms with van der Waals surface area (Å²) < 4.78 is 0. The van der Waals surface area contributed by atoms with Crippen LogP contribution in [-0.2, 0) is 4.79 Å². The number of hydrogen-bond donors (Lipinski definition) is 2. The molecule has 0 unspecified atom stereocenters. The minimum absolute atomic E-state index is 0.256. The maximum atomic E-state index is 12.4. The molecule has 0 saturated carbocycles. The summed E-state index contributed by atoms with van der Waals surface area (Å²) in [5, 5.41) is 5.58. The summed E-state index contributed by atoms with van der Waals surface area (Å²) in [5.74, 6) is -0.514. The van der Waals surface area contributed by atoms with Crippen LogP contribution in [0.15, 0.2) is 73.1 Å². The van der Waals surface area contributed by atoms with E-state index in [0.29, 0.717) is 16.9 Å². The third-order valence-electron chi connectivity index (χ3n) is 4.17. The van der Waals surface area contributed by atoms with E-state index in [0.717, 1.165) is 11.1 Å². The first-order valence-corrected chi connectivity index (χ1v) is 8.89. The number of amides is 2. The van der Waals surface area contributed by atoms with Gasteiger partial charge in [0.25, 0.3) is 5.91 Å². The van der Waals surface area contributed by atoms with E-state index < -0.39 is 0 Å². The predicted octanol–water partition coefficient (Wildman–Crippen LogP) is 4.60. The lowest BCUT2D eigenvalue weighted by Crippen LogP contribution is -2.13. The zero-order valence-electron chi connectivity index (χ0n) is 15.8. The Bertz CT molecular complexity index is 1030. The SMILES string of the molecule is Cc1ccc(/C=C/C(=O)Nc2cccc(C(=O)Nc3ccncc3)c2)c(C)c1.